The number of pyridine rings is 1. The normalized spacial score (nSPS) is 13.1. The lowest BCUT2D eigenvalue weighted by Gasteiger charge is -2.21. The molecule has 0 fully saturated rings. The fraction of sp³-hybridized carbons (Fsp3) is 0.438. The number of nitrogens with one attached hydrogen (secondary N) is 1. The van der Waals surface area contributed by atoms with Crippen LogP contribution in [0.4, 0.5) is 0 Å². The molecule has 0 amide bonds. The number of hydrogen-bond donors (Lipinski definition) is 2. The van der Waals surface area contributed by atoms with Crippen molar-refractivity contribution in [2.24, 2.45) is 11.8 Å². The second-order valence-corrected chi connectivity index (χ2v) is 5.07. The average Bonchev–Trinajstić information content (AvgIpc) is 2.48. The SMILES string of the molecule is CCC(CC)CC(NN)c1ccc2ccccc2n1. The molecular weight excluding hydrogens is 234 g/mol. The first-order valence-corrected chi connectivity index (χ1v) is 7.10. The second-order valence-electron chi connectivity index (χ2n) is 5.07. The summed E-state index contributed by atoms with van der Waals surface area (Å²) in [6.45, 7) is 4.46. The molecule has 0 saturated carbocycles. The lowest BCUT2D eigenvalue weighted by atomic mass is 9.93. The van der Waals surface area contributed by atoms with Crippen LogP contribution in [0.1, 0.15) is 44.8 Å². The summed E-state index contributed by atoms with van der Waals surface area (Å²) in [4.78, 5) is 4.73. The Balaban J connectivity index is 2.24. The van der Waals surface area contributed by atoms with Gasteiger partial charge in [0.25, 0.3) is 0 Å². The quantitative estimate of drug-likeness (QED) is 0.614. The first kappa shape index (κ1) is 14.0. The number of aromatic nitrogens is 1. The van der Waals surface area contributed by atoms with Gasteiger partial charge in [0.2, 0.25) is 0 Å². The van der Waals surface area contributed by atoms with Gasteiger partial charge in [0, 0.05) is 5.39 Å². The molecule has 0 spiro atoms. The number of rotatable bonds is 6. The van der Waals surface area contributed by atoms with Crippen LogP contribution in [-0.2, 0) is 0 Å². The van der Waals surface area contributed by atoms with Crippen LogP contribution in [-0.4, -0.2) is 4.98 Å². The summed E-state index contributed by atoms with van der Waals surface area (Å²) in [7, 11) is 0. The summed E-state index contributed by atoms with van der Waals surface area (Å²) in [5.41, 5.74) is 4.99. The Morgan fingerprint density at radius 1 is 1.11 bits per heavy atom. The van der Waals surface area contributed by atoms with Gasteiger partial charge in [-0.25, -0.2) is 0 Å². The molecule has 102 valence electrons. The summed E-state index contributed by atoms with van der Waals surface area (Å²) in [5, 5.41) is 1.17. The van der Waals surface area contributed by atoms with Crippen molar-refractivity contribution in [3.8, 4) is 0 Å². The van der Waals surface area contributed by atoms with Gasteiger partial charge in [0.1, 0.15) is 0 Å². The van der Waals surface area contributed by atoms with Crippen LogP contribution in [0, 0.1) is 5.92 Å². The Hall–Kier alpha value is -1.45. The van der Waals surface area contributed by atoms with Crippen molar-refractivity contribution in [2.45, 2.75) is 39.2 Å². The zero-order chi connectivity index (χ0) is 13.7. The number of hydrazine groups is 1. The summed E-state index contributed by atoms with van der Waals surface area (Å²) >= 11 is 0. The van der Waals surface area contributed by atoms with Crippen molar-refractivity contribution in [1.29, 1.82) is 0 Å². The molecule has 1 aromatic heterocycles. The average molecular weight is 257 g/mol. The maximum absolute atomic E-state index is 5.72. The van der Waals surface area contributed by atoms with Crippen LogP contribution in [0.3, 0.4) is 0 Å². The van der Waals surface area contributed by atoms with E-state index in [2.05, 4.69) is 37.5 Å². The van der Waals surface area contributed by atoms with Gasteiger partial charge in [0.05, 0.1) is 17.3 Å². The molecule has 0 saturated heterocycles. The van der Waals surface area contributed by atoms with E-state index in [0.717, 1.165) is 17.6 Å². The Labute approximate surface area is 115 Å². The van der Waals surface area contributed by atoms with Gasteiger partial charge < -0.3 is 0 Å². The molecule has 0 aliphatic heterocycles. The van der Waals surface area contributed by atoms with Crippen molar-refractivity contribution in [3.63, 3.8) is 0 Å². The van der Waals surface area contributed by atoms with E-state index in [4.69, 9.17) is 10.8 Å². The van der Waals surface area contributed by atoms with Gasteiger partial charge in [-0.05, 0) is 24.5 Å². The Bertz CT molecular complexity index is 520. The van der Waals surface area contributed by atoms with E-state index in [0.29, 0.717) is 5.92 Å². The molecule has 2 rings (SSSR count). The van der Waals surface area contributed by atoms with Crippen molar-refractivity contribution in [3.05, 3.63) is 42.1 Å². The summed E-state index contributed by atoms with van der Waals surface area (Å²) < 4.78 is 0. The zero-order valence-electron chi connectivity index (χ0n) is 11.8. The standard InChI is InChI=1S/C16H23N3/c1-3-12(4-2)11-16(19-17)15-10-9-13-7-5-6-8-14(13)18-15/h5-10,12,16,19H,3-4,11,17H2,1-2H3. The monoisotopic (exact) mass is 257 g/mol. The van der Waals surface area contributed by atoms with Gasteiger partial charge >= 0.3 is 0 Å². The third-order valence-corrected chi connectivity index (χ3v) is 3.90. The number of para-hydroxylation sites is 1. The molecule has 0 bridgehead atoms. The summed E-state index contributed by atoms with van der Waals surface area (Å²) in [6.07, 6.45) is 3.40. The molecule has 3 N–H and O–H groups in total. The van der Waals surface area contributed by atoms with Crippen molar-refractivity contribution < 1.29 is 0 Å². The Kier molecular flexibility index (Phi) is 4.88. The largest absolute Gasteiger partial charge is 0.271 e. The second kappa shape index (κ2) is 6.64. The van der Waals surface area contributed by atoms with E-state index in [9.17, 15) is 0 Å². The molecule has 0 aliphatic carbocycles. The summed E-state index contributed by atoms with van der Waals surface area (Å²) in [6, 6.07) is 12.5. The number of benzene rings is 1. The predicted octanol–water partition coefficient (Wildman–Crippen LogP) is 3.57. The van der Waals surface area contributed by atoms with Crippen LogP contribution in [0.5, 0.6) is 0 Å². The minimum absolute atomic E-state index is 0.134. The minimum Gasteiger partial charge on any atom is -0.271 e. The molecule has 3 nitrogen and oxygen atoms in total. The molecule has 2 aromatic rings. The van der Waals surface area contributed by atoms with E-state index in [1.165, 1.54) is 18.2 Å². The number of nitrogens with two attached hydrogens (primary N) is 1. The molecule has 0 radical (unpaired) electrons. The fourth-order valence-electron chi connectivity index (χ4n) is 2.51. The van der Waals surface area contributed by atoms with Gasteiger partial charge in [-0.2, -0.15) is 0 Å². The molecule has 1 heterocycles. The lowest BCUT2D eigenvalue weighted by molar-refractivity contribution is 0.370. The molecular formula is C16H23N3. The fourth-order valence-corrected chi connectivity index (χ4v) is 2.51. The van der Waals surface area contributed by atoms with E-state index in [1.54, 1.807) is 0 Å². The first-order valence-electron chi connectivity index (χ1n) is 7.10. The lowest BCUT2D eigenvalue weighted by Crippen LogP contribution is -2.30. The van der Waals surface area contributed by atoms with Crippen molar-refractivity contribution in [2.75, 3.05) is 0 Å². The third-order valence-electron chi connectivity index (χ3n) is 3.90. The molecule has 0 aliphatic rings. The van der Waals surface area contributed by atoms with Crippen molar-refractivity contribution in [1.82, 2.24) is 10.4 Å². The van der Waals surface area contributed by atoms with Crippen molar-refractivity contribution >= 4 is 10.9 Å². The molecule has 1 unspecified atom stereocenters. The molecule has 1 atom stereocenters. The van der Waals surface area contributed by atoms with Gasteiger partial charge in [0.15, 0.2) is 0 Å². The van der Waals surface area contributed by atoms with Gasteiger partial charge in [-0.3, -0.25) is 16.3 Å². The predicted molar refractivity (Wildman–Crippen MR) is 80.5 cm³/mol. The zero-order valence-corrected chi connectivity index (χ0v) is 11.8. The highest BCUT2D eigenvalue weighted by molar-refractivity contribution is 5.78. The van der Waals surface area contributed by atoms with Crippen LogP contribution < -0.4 is 11.3 Å². The minimum atomic E-state index is 0.134. The maximum Gasteiger partial charge on any atom is 0.0706 e. The topological polar surface area (TPSA) is 50.9 Å². The Morgan fingerprint density at radius 2 is 1.84 bits per heavy atom. The molecule has 3 heteroatoms. The highest BCUT2D eigenvalue weighted by Gasteiger charge is 2.16. The summed E-state index contributed by atoms with van der Waals surface area (Å²) in [5.74, 6) is 6.41. The van der Waals surface area contributed by atoms with Gasteiger partial charge in [-0.15, -0.1) is 0 Å². The maximum atomic E-state index is 5.72. The third kappa shape index (κ3) is 3.31. The number of hydrogen-bond acceptors (Lipinski definition) is 3. The van der Waals surface area contributed by atoms with E-state index < -0.39 is 0 Å². The first-order chi connectivity index (χ1) is 9.28. The van der Waals surface area contributed by atoms with Gasteiger partial charge in [-0.1, -0.05) is 51.0 Å². The molecule has 1 aromatic carbocycles. The number of fused-ring (bicyclic) bond motifs is 1. The van der Waals surface area contributed by atoms with Crippen LogP contribution >= 0.6 is 0 Å². The van der Waals surface area contributed by atoms with Crippen LogP contribution in [0.25, 0.3) is 10.9 Å². The van der Waals surface area contributed by atoms with Crippen LogP contribution in [0.2, 0.25) is 0 Å². The van der Waals surface area contributed by atoms with E-state index in [-0.39, 0.29) is 6.04 Å². The highest BCUT2D eigenvalue weighted by Crippen LogP contribution is 2.25. The number of nitrogens with zero attached hydrogens (tertiary/aromatic N) is 1. The Morgan fingerprint density at radius 3 is 2.53 bits per heavy atom. The van der Waals surface area contributed by atoms with Crippen LogP contribution in [0.15, 0.2) is 36.4 Å². The van der Waals surface area contributed by atoms with E-state index >= 15 is 0 Å². The van der Waals surface area contributed by atoms with E-state index in [1.807, 2.05) is 18.2 Å². The molecule has 19 heavy (non-hydrogen) atoms. The smallest absolute Gasteiger partial charge is 0.0706 e. The highest BCUT2D eigenvalue weighted by atomic mass is 15.2.